The van der Waals surface area contributed by atoms with Crippen LogP contribution in [0.3, 0.4) is 0 Å². The van der Waals surface area contributed by atoms with E-state index in [9.17, 15) is 9.59 Å². The SMILES string of the molecule is CCC1CCCCN1C(=O)CN(C(C)=O)c1ccc(N(C)C)cc1. The summed E-state index contributed by atoms with van der Waals surface area (Å²) in [4.78, 5) is 30.4. The van der Waals surface area contributed by atoms with E-state index in [4.69, 9.17) is 0 Å². The normalized spacial score (nSPS) is 17.5. The third kappa shape index (κ3) is 4.28. The number of likely N-dealkylation sites (tertiary alicyclic amines) is 1. The van der Waals surface area contributed by atoms with Crippen LogP contribution in [0.5, 0.6) is 0 Å². The number of nitrogens with zero attached hydrogens (tertiary/aromatic N) is 3. The molecule has 1 heterocycles. The van der Waals surface area contributed by atoms with Crippen molar-refractivity contribution in [2.24, 2.45) is 0 Å². The number of anilines is 2. The van der Waals surface area contributed by atoms with Crippen molar-refractivity contribution in [3.63, 3.8) is 0 Å². The summed E-state index contributed by atoms with van der Waals surface area (Å²) < 4.78 is 0. The fourth-order valence-corrected chi connectivity index (χ4v) is 3.29. The maximum Gasteiger partial charge on any atom is 0.242 e. The van der Waals surface area contributed by atoms with Crippen LogP contribution in [0.4, 0.5) is 11.4 Å². The Balaban J connectivity index is 2.13. The zero-order valence-corrected chi connectivity index (χ0v) is 15.3. The van der Waals surface area contributed by atoms with E-state index in [1.807, 2.05) is 48.2 Å². The van der Waals surface area contributed by atoms with Gasteiger partial charge in [-0.2, -0.15) is 0 Å². The van der Waals surface area contributed by atoms with Gasteiger partial charge in [0.25, 0.3) is 0 Å². The predicted octanol–water partition coefficient (Wildman–Crippen LogP) is 2.90. The summed E-state index contributed by atoms with van der Waals surface area (Å²) in [6.45, 7) is 4.56. The van der Waals surface area contributed by atoms with E-state index in [0.717, 1.165) is 37.2 Å². The molecule has 0 spiro atoms. The van der Waals surface area contributed by atoms with E-state index in [0.29, 0.717) is 6.04 Å². The Morgan fingerprint density at radius 1 is 1.12 bits per heavy atom. The Morgan fingerprint density at radius 3 is 2.29 bits per heavy atom. The number of hydrogen-bond donors (Lipinski definition) is 0. The van der Waals surface area contributed by atoms with Gasteiger partial charge in [0.2, 0.25) is 11.8 Å². The van der Waals surface area contributed by atoms with Crippen LogP contribution in [-0.2, 0) is 9.59 Å². The largest absolute Gasteiger partial charge is 0.378 e. The maximum atomic E-state index is 12.8. The molecule has 1 aromatic rings. The van der Waals surface area contributed by atoms with Gasteiger partial charge in [0.05, 0.1) is 0 Å². The molecule has 0 aliphatic carbocycles. The standard InChI is InChI=1S/C19H29N3O2/c1-5-16-8-6-7-13-21(16)19(24)14-22(15(2)23)18-11-9-17(10-12-18)20(3)4/h9-12,16H,5-8,13-14H2,1-4H3. The Hall–Kier alpha value is -2.04. The molecule has 5 nitrogen and oxygen atoms in total. The molecular formula is C19H29N3O2. The Bertz CT molecular complexity index is 568. The number of amides is 2. The van der Waals surface area contributed by atoms with Gasteiger partial charge in [-0.3, -0.25) is 9.59 Å². The highest BCUT2D eigenvalue weighted by Gasteiger charge is 2.27. The highest BCUT2D eigenvalue weighted by Crippen LogP contribution is 2.22. The first-order chi connectivity index (χ1) is 11.4. The molecule has 0 bridgehead atoms. The summed E-state index contributed by atoms with van der Waals surface area (Å²) in [5, 5.41) is 0. The van der Waals surface area contributed by atoms with Crippen LogP contribution >= 0.6 is 0 Å². The minimum absolute atomic E-state index is 0.0495. The predicted molar refractivity (Wildman–Crippen MR) is 98.4 cm³/mol. The maximum absolute atomic E-state index is 12.8. The van der Waals surface area contributed by atoms with Gasteiger partial charge in [0.15, 0.2) is 0 Å². The molecule has 0 N–H and O–H groups in total. The molecule has 2 amide bonds. The Morgan fingerprint density at radius 2 is 1.75 bits per heavy atom. The van der Waals surface area contributed by atoms with E-state index < -0.39 is 0 Å². The van der Waals surface area contributed by atoms with Crippen molar-refractivity contribution < 1.29 is 9.59 Å². The van der Waals surface area contributed by atoms with Crippen LogP contribution in [-0.4, -0.2) is 49.9 Å². The Labute approximate surface area is 145 Å². The van der Waals surface area contributed by atoms with Crippen molar-refractivity contribution in [1.82, 2.24) is 4.90 Å². The smallest absolute Gasteiger partial charge is 0.242 e. The van der Waals surface area contributed by atoms with Gasteiger partial charge in [-0.05, 0) is 49.9 Å². The molecule has 1 aliphatic heterocycles. The lowest BCUT2D eigenvalue weighted by molar-refractivity contribution is -0.134. The van der Waals surface area contributed by atoms with Gasteiger partial charge in [-0.15, -0.1) is 0 Å². The molecule has 0 saturated carbocycles. The van der Waals surface area contributed by atoms with Gasteiger partial charge in [-0.25, -0.2) is 0 Å². The van der Waals surface area contributed by atoms with Crippen LogP contribution in [0.15, 0.2) is 24.3 Å². The molecule has 1 unspecified atom stereocenters. The lowest BCUT2D eigenvalue weighted by Gasteiger charge is -2.36. The highest BCUT2D eigenvalue weighted by atomic mass is 16.2. The monoisotopic (exact) mass is 331 g/mol. The van der Waals surface area contributed by atoms with Crippen molar-refractivity contribution in [2.75, 3.05) is 37.0 Å². The lowest BCUT2D eigenvalue weighted by Crippen LogP contribution is -2.48. The second kappa shape index (κ2) is 8.18. The summed E-state index contributed by atoms with van der Waals surface area (Å²) in [7, 11) is 3.95. The number of hydrogen-bond acceptors (Lipinski definition) is 3. The van der Waals surface area contributed by atoms with Crippen molar-refractivity contribution in [1.29, 1.82) is 0 Å². The molecule has 0 radical (unpaired) electrons. The average molecular weight is 331 g/mol. The summed E-state index contributed by atoms with van der Waals surface area (Å²) in [6, 6.07) is 8.04. The van der Waals surface area contributed by atoms with Gasteiger partial charge in [0.1, 0.15) is 6.54 Å². The van der Waals surface area contributed by atoms with E-state index in [-0.39, 0.29) is 18.4 Å². The average Bonchev–Trinajstić information content (AvgIpc) is 2.59. The summed E-state index contributed by atoms with van der Waals surface area (Å²) >= 11 is 0. The molecule has 2 rings (SSSR count). The van der Waals surface area contributed by atoms with Crippen LogP contribution in [0.2, 0.25) is 0 Å². The molecule has 5 heteroatoms. The van der Waals surface area contributed by atoms with Crippen molar-refractivity contribution in [3.8, 4) is 0 Å². The molecular weight excluding hydrogens is 302 g/mol. The van der Waals surface area contributed by atoms with E-state index in [1.165, 1.54) is 13.3 Å². The Kier molecular flexibility index (Phi) is 6.23. The zero-order valence-electron chi connectivity index (χ0n) is 15.3. The quantitative estimate of drug-likeness (QED) is 0.833. The molecule has 1 atom stereocenters. The van der Waals surface area contributed by atoms with E-state index in [2.05, 4.69) is 6.92 Å². The number of piperidine rings is 1. The van der Waals surface area contributed by atoms with Crippen molar-refractivity contribution >= 4 is 23.2 Å². The molecule has 1 saturated heterocycles. The molecule has 1 aliphatic rings. The zero-order chi connectivity index (χ0) is 17.7. The molecule has 24 heavy (non-hydrogen) atoms. The lowest BCUT2D eigenvalue weighted by atomic mass is 10.00. The second-order valence-electron chi connectivity index (χ2n) is 6.66. The number of rotatable bonds is 5. The highest BCUT2D eigenvalue weighted by molar-refractivity contribution is 5.97. The van der Waals surface area contributed by atoms with Crippen LogP contribution in [0.1, 0.15) is 39.5 Å². The summed E-state index contributed by atoms with van der Waals surface area (Å²) in [5.41, 5.74) is 1.84. The van der Waals surface area contributed by atoms with Crippen molar-refractivity contribution in [2.45, 2.75) is 45.6 Å². The van der Waals surface area contributed by atoms with E-state index >= 15 is 0 Å². The van der Waals surface area contributed by atoms with Gasteiger partial charge >= 0.3 is 0 Å². The van der Waals surface area contributed by atoms with Gasteiger partial charge in [-0.1, -0.05) is 6.92 Å². The molecule has 1 aromatic carbocycles. The summed E-state index contributed by atoms with van der Waals surface area (Å²) in [5.74, 6) is -0.0561. The third-order valence-corrected chi connectivity index (χ3v) is 4.77. The fourth-order valence-electron chi connectivity index (χ4n) is 3.29. The minimum Gasteiger partial charge on any atom is -0.378 e. The number of carbonyl (C=O) groups is 2. The van der Waals surface area contributed by atoms with Gasteiger partial charge in [0, 0.05) is 45.0 Å². The number of carbonyl (C=O) groups excluding carboxylic acids is 2. The van der Waals surface area contributed by atoms with Gasteiger partial charge < -0.3 is 14.7 Å². The van der Waals surface area contributed by atoms with Crippen LogP contribution in [0.25, 0.3) is 0 Å². The molecule has 0 aromatic heterocycles. The van der Waals surface area contributed by atoms with Crippen LogP contribution in [0, 0.1) is 0 Å². The van der Waals surface area contributed by atoms with Crippen molar-refractivity contribution in [3.05, 3.63) is 24.3 Å². The summed E-state index contributed by atoms with van der Waals surface area (Å²) in [6.07, 6.45) is 4.29. The first kappa shape index (κ1) is 18.3. The van der Waals surface area contributed by atoms with Crippen LogP contribution < -0.4 is 9.80 Å². The molecule has 132 valence electrons. The van der Waals surface area contributed by atoms with E-state index in [1.54, 1.807) is 4.90 Å². The first-order valence-corrected chi connectivity index (χ1v) is 8.79. The first-order valence-electron chi connectivity index (χ1n) is 8.79. The third-order valence-electron chi connectivity index (χ3n) is 4.77. The molecule has 1 fully saturated rings. The minimum atomic E-state index is -0.106. The topological polar surface area (TPSA) is 43.9 Å². The fraction of sp³-hybridized carbons (Fsp3) is 0.579. The number of benzene rings is 1. The second-order valence-corrected chi connectivity index (χ2v) is 6.66.